The molecule has 1 aromatic heterocycles. The van der Waals surface area contributed by atoms with Gasteiger partial charge < -0.3 is 5.32 Å². The number of amides is 1. The summed E-state index contributed by atoms with van der Waals surface area (Å²) in [7, 11) is -3.97. The molecule has 0 saturated heterocycles. The molecule has 0 aliphatic heterocycles. The maximum absolute atomic E-state index is 13.3. The zero-order chi connectivity index (χ0) is 25.2. The monoisotopic (exact) mass is 496 g/mol. The molecule has 13 heteroatoms. The number of hydrogen-bond acceptors (Lipinski definition) is 7. The number of anilines is 2. The van der Waals surface area contributed by atoms with E-state index in [2.05, 4.69) is 20.4 Å². The Hall–Kier alpha value is -4.65. The highest BCUT2D eigenvalue weighted by atomic mass is 32.2. The number of rotatable bonds is 7. The Morgan fingerprint density at radius 3 is 2.43 bits per heavy atom. The molecule has 1 amide bonds. The fourth-order valence-corrected chi connectivity index (χ4v) is 4.25. The molecule has 0 aliphatic rings. The largest absolute Gasteiger partial charge is 0.321 e. The molecule has 0 aliphatic carbocycles. The molecule has 178 valence electrons. The molecule has 3 aromatic carbocycles. The van der Waals surface area contributed by atoms with Gasteiger partial charge in [-0.3, -0.25) is 19.6 Å². The average molecular weight is 496 g/mol. The van der Waals surface area contributed by atoms with Crippen molar-refractivity contribution < 1.29 is 22.5 Å². The van der Waals surface area contributed by atoms with Gasteiger partial charge in [-0.2, -0.15) is 0 Å². The summed E-state index contributed by atoms with van der Waals surface area (Å²) in [6, 6.07) is 16.1. The number of nitro benzene ring substituents is 1. The highest BCUT2D eigenvalue weighted by Gasteiger charge is 2.20. The van der Waals surface area contributed by atoms with Crippen LogP contribution in [0.5, 0.6) is 0 Å². The van der Waals surface area contributed by atoms with Crippen molar-refractivity contribution in [3.05, 3.63) is 100 Å². The molecule has 0 radical (unpaired) electrons. The molecule has 0 spiro atoms. The summed E-state index contributed by atoms with van der Waals surface area (Å²) in [5.41, 5.74) is 0.935. The summed E-state index contributed by atoms with van der Waals surface area (Å²) in [4.78, 5) is 23.1. The van der Waals surface area contributed by atoms with Crippen LogP contribution in [0.15, 0.2) is 77.7 Å². The van der Waals surface area contributed by atoms with Crippen LogP contribution in [0.1, 0.15) is 16.2 Å². The van der Waals surface area contributed by atoms with Gasteiger partial charge in [0.1, 0.15) is 5.82 Å². The molecule has 0 atom stereocenters. The minimum absolute atomic E-state index is 0.0130. The zero-order valence-electron chi connectivity index (χ0n) is 18.0. The zero-order valence-corrected chi connectivity index (χ0v) is 18.9. The van der Waals surface area contributed by atoms with E-state index >= 15 is 0 Å². The molecule has 0 saturated carbocycles. The summed E-state index contributed by atoms with van der Waals surface area (Å²) in [6.45, 7) is 1.58. The molecule has 0 fully saturated rings. The van der Waals surface area contributed by atoms with Crippen LogP contribution in [0.3, 0.4) is 0 Å². The van der Waals surface area contributed by atoms with E-state index in [0.29, 0.717) is 17.1 Å². The molecule has 2 N–H and O–H groups in total. The second-order valence-electron chi connectivity index (χ2n) is 7.31. The van der Waals surface area contributed by atoms with Gasteiger partial charge in [-0.1, -0.05) is 17.3 Å². The van der Waals surface area contributed by atoms with E-state index in [4.69, 9.17) is 0 Å². The average Bonchev–Trinajstić information content (AvgIpc) is 3.20. The number of nitrogens with one attached hydrogen (secondary N) is 2. The van der Waals surface area contributed by atoms with Crippen LogP contribution < -0.4 is 10.0 Å². The molecule has 0 unspecified atom stereocenters. The first-order chi connectivity index (χ1) is 16.6. The van der Waals surface area contributed by atoms with Crippen molar-refractivity contribution in [3.63, 3.8) is 0 Å². The van der Waals surface area contributed by atoms with Crippen molar-refractivity contribution in [2.75, 3.05) is 10.0 Å². The lowest BCUT2D eigenvalue weighted by molar-refractivity contribution is -0.384. The summed E-state index contributed by atoms with van der Waals surface area (Å²) in [5.74, 6) is -1.19. The number of non-ortho nitro benzene ring substituents is 1. The predicted molar refractivity (Wildman–Crippen MR) is 124 cm³/mol. The molecule has 4 rings (SSSR count). The van der Waals surface area contributed by atoms with Crippen molar-refractivity contribution in [1.82, 2.24) is 15.0 Å². The molecular weight excluding hydrogens is 479 g/mol. The van der Waals surface area contributed by atoms with Crippen LogP contribution in [-0.4, -0.2) is 34.2 Å². The number of nitro groups is 1. The Labute approximate surface area is 198 Å². The number of halogens is 1. The van der Waals surface area contributed by atoms with Crippen LogP contribution in [0.4, 0.5) is 21.5 Å². The van der Waals surface area contributed by atoms with Crippen molar-refractivity contribution in [3.8, 4) is 5.69 Å². The minimum atomic E-state index is -3.97. The molecule has 0 bridgehead atoms. The third-order valence-corrected chi connectivity index (χ3v) is 6.29. The lowest BCUT2D eigenvalue weighted by Gasteiger charge is -2.09. The van der Waals surface area contributed by atoms with Crippen molar-refractivity contribution in [1.29, 1.82) is 0 Å². The Balaban J connectivity index is 1.49. The third-order valence-electron chi connectivity index (χ3n) is 4.89. The number of carbonyl (C=O) groups is 1. The van der Waals surface area contributed by atoms with E-state index in [0.717, 1.165) is 6.07 Å². The summed E-state index contributed by atoms with van der Waals surface area (Å²) in [6.07, 6.45) is 0. The van der Waals surface area contributed by atoms with Crippen LogP contribution in [0.2, 0.25) is 0 Å². The minimum Gasteiger partial charge on any atom is -0.321 e. The van der Waals surface area contributed by atoms with Gasteiger partial charge in [0.05, 0.1) is 26.9 Å². The van der Waals surface area contributed by atoms with E-state index in [9.17, 15) is 27.7 Å². The Morgan fingerprint density at radius 2 is 1.74 bits per heavy atom. The van der Waals surface area contributed by atoms with E-state index in [-0.39, 0.29) is 22.0 Å². The molecule has 35 heavy (non-hydrogen) atoms. The van der Waals surface area contributed by atoms with E-state index in [1.54, 1.807) is 13.0 Å². The molecular formula is C22H17FN6O5S. The fraction of sp³-hybridized carbons (Fsp3) is 0.0455. The fourth-order valence-electron chi connectivity index (χ4n) is 3.20. The van der Waals surface area contributed by atoms with E-state index in [1.165, 1.54) is 65.3 Å². The van der Waals surface area contributed by atoms with Gasteiger partial charge in [0.25, 0.3) is 21.6 Å². The van der Waals surface area contributed by atoms with Gasteiger partial charge in [-0.25, -0.2) is 17.5 Å². The lowest BCUT2D eigenvalue weighted by Crippen LogP contribution is -2.15. The number of nitrogens with zero attached hydrogens (tertiary/aromatic N) is 4. The Morgan fingerprint density at radius 1 is 1.03 bits per heavy atom. The van der Waals surface area contributed by atoms with Gasteiger partial charge in [-0.05, 0) is 55.5 Å². The van der Waals surface area contributed by atoms with E-state index in [1.807, 2.05) is 0 Å². The highest BCUT2D eigenvalue weighted by Crippen LogP contribution is 2.21. The van der Waals surface area contributed by atoms with Crippen molar-refractivity contribution in [2.24, 2.45) is 0 Å². The maximum atomic E-state index is 13.3. The Bertz CT molecular complexity index is 1540. The topological polar surface area (TPSA) is 149 Å². The molecule has 1 heterocycles. The second kappa shape index (κ2) is 9.30. The lowest BCUT2D eigenvalue weighted by atomic mass is 10.2. The van der Waals surface area contributed by atoms with Gasteiger partial charge in [0.15, 0.2) is 5.69 Å². The number of hydrogen-bond donors (Lipinski definition) is 2. The van der Waals surface area contributed by atoms with E-state index < -0.39 is 26.7 Å². The van der Waals surface area contributed by atoms with Gasteiger partial charge in [0, 0.05) is 17.8 Å². The standard InChI is InChI=1S/C22H17FN6O5S/c1-14-21(25-27-28(14)18-6-3-7-19(13-18)29(31)32)22(30)24-16-8-10-20(11-9-16)35(33,34)26-17-5-2-4-15(23)12-17/h2-13,26H,1H3,(H,24,30). The van der Waals surface area contributed by atoms with Gasteiger partial charge >= 0.3 is 0 Å². The van der Waals surface area contributed by atoms with Crippen LogP contribution in [0.25, 0.3) is 5.69 Å². The summed E-state index contributed by atoms with van der Waals surface area (Å²) >= 11 is 0. The first kappa shape index (κ1) is 23.5. The highest BCUT2D eigenvalue weighted by molar-refractivity contribution is 7.92. The number of benzene rings is 3. The van der Waals surface area contributed by atoms with Crippen LogP contribution >= 0.6 is 0 Å². The predicted octanol–water partition coefficient (Wildman–Crippen LogP) is 3.68. The van der Waals surface area contributed by atoms with Crippen molar-refractivity contribution >= 4 is 33.0 Å². The smallest absolute Gasteiger partial charge is 0.278 e. The van der Waals surface area contributed by atoms with Crippen molar-refractivity contribution in [2.45, 2.75) is 11.8 Å². The number of aromatic nitrogens is 3. The van der Waals surface area contributed by atoms with Gasteiger partial charge in [0.2, 0.25) is 0 Å². The first-order valence-electron chi connectivity index (χ1n) is 10.0. The molecule has 11 nitrogen and oxygen atoms in total. The normalized spacial score (nSPS) is 11.1. The summed E-state index contributed by atoms with van der Waals surface area (Å²) < 4.78 is 42.0. The SMILES string of the molecule is Cc1c(C(=O)Nc2ccc(S(=O)(=O)Nc3cccc(F)c3)cc2)nnn1-c1cccc([N+](=O)[O-])c1. The quantitative estimate of drug-likeness (QED) is 0.293. The third kappa shape index (κ3) is 5.14. The van der Waals surface area contributed by atoms with Crippen LogP contribution in [0, 0.1) is 22.9 Å². The number of carbonyl (C=O) groups excluding carboxylic acids is 1. The van der Waals surface area contributed by atoms with Crippen LogP contribution in [-0.2, 0) is 10.0 Å². The first-order valence-corrected chi connectivity index (χ1v) is 11.5. The second-order valence-corrected chi connectivity index (χ2v) is 8.99. The summed E-state index contributed by atoms with van der Waals surface area (Å²) in [5, 5.41) is 21.4. The maximum Gasteiger partial charge on any atom is 0.278 e. The Kier molecular flexibility index (Phi) is 6.25. The number of sulfonamides is 1. The molecule has 4 aromatic rings. The van der Waals surface area contributed by atoms with Gasteiger partial charge in [-0.15, -0.1) is 5.10 Å².